The molecule has 0 fully saturated rings. The molecule has 1 N–H and O–H groups in total. The molecule has 0 aromatic carbocycles. The number of rotatable bonds is 3. The third kappa shape index (κ3) is 3.18. The lowest BCUT2D eigenvalue weighted by Gasteiger charge is -2.20. The van der Waals surface area contributed by atoms with Gasteiger partial charge in [0.2, 0.25) is 0 Å². The predicted octanol–water partition coefficient (Wildman–Crippen LogP) is 1.90. The second kappa shape index (κ2) is 4.92. The van der Waals surface area contributed by atoms with Crippen LogP contribution in [0.5, 0.6) is 0 Å². The number of carboxylic acid groups (broad SMARTS) is 1. The van der Waals surface area contributed by atoms with E-state index in [2.05, 4.69) is 5.10 Å². The first-order valence-corrected chi connectivity index (χ1v) is 5.99. The van der Waals surface area contributed by atoms with Gasteiger partial charge < -0.3 is 5.11 Å². The fraction of sp³-hybridized carbons (Fsp3) is 0.615. The van der Waals surface area contributed by atoms with Crippen LogP contribution < -0.4 is 5.56 Å². The predicted molar refractivity (Wildman–Crippen MR) is 69.0 cm³/mol. The van der Waals surface area contributed by atoms with Gasteiger partial charge in [0, 0.05) is 12.0 Å². The minimum atomic E-state index is -1.20. The van der Waals surface area contributed by atoms with Gasteiger partial charge in [-0.1, -0.05) is 34.6 Å². The Morgan fingerprint density at radius 1 is 1.44 bits per heavy atom. The first kappa shape index (κ1) is 14.4. The molecule has 1 aromatic heterocycles. The van der Waals surface area contributed by atoms with Gasteiger partial charge in [0.05, 0.1) is 5.69 Å². The average molecular weight is 252 g/mol. The van der Waals surface area contributed by atoms with Crippen LogP contribution in [0.3, 0.4) is 0 Å². The molecule has 1 rings (SSSR count). The minimum absolute atomic E-state index is 0.212. The Labute approximate surface area is 106 Å². The van der Waals surface area contributed by atoms with Crippen molar-refractivity contribution in [3.05, 3.63) is 27.7 Å². The Balaban J connectivity index is 3.47. The van der Waals surface area contributed by atoms with Gasteiger partial charge in [-0.05, 0) is 12.0 Å². The molecule has 5 heteroatoms. The molecule has 0 aliphatic rings. The molecule has 0 radical (unpaired) electrons. The first-order chi connectivity index (χ1) is 8.12. The number of aromatic carboxylic acids is 1. The van der Waals surface area contributed by atoms with Crippen LogP contribution in [-0.4, -0.2) is 20.9 Å². The summed E-state index contributed by atoms with van der Waals surface area (Å²) in [5.41, 5.74) is -0.434. The number of nitrogens with zero attached hydrogens (tertiary/aromatic N) is 2. The molecule has 5 nitrogen and oxygen atoms in total. The highest BCUT2D eigenvalue weighted by Crippen LogP contribution is 2.19. The summed E-state index contributed by atoms with van der Waals surface area (Å²) in [6.07, 6.45) is 0. The van der Waals surface area contributed by atoms with Crippen LogP contribution in [0.4, 0.5) is 0 Å². The molecule has 1 heterocycles. The quantitative estimate of drug-likeness (QED) is 0.891. The molecule has 0 aliphatic carbocycles. The van der Waals surface area contributed by atoms with Crippen molar-refractivity contribution < 1.29 is 9.90 Å². The zero-order valence-corrected chi connectivity index (χ0v) is 11.5. The summed E-state index contributed by atoms with van der Waals surface area (Å²) in [7, 11) is 0. The van der Waals surface area contributed by atoms with Crippen molar-refractivity contribution in [3.63, 3.8) is 0 Å². The third-order valence-electron chi connectivity index (χ3n) is 2.51. The van der Waals surface area contributed by atoms with Crippen LogP contribution in [0.1, 0.15) is 50.7 Å². The van der Waals surface area contributed by atoms with E-state index in [0.717, 1.165) is 0 Å². The lowest BCUT2D eigenvalue weighted by molar-refractivity contribution is 0.0693. The second-order valence-electron chi connectivity index (χ2n) is 5.88. The summed E-state index contributed by atoms with van der Waals surface area (Å²) < 4.78 is 1.26. The Morgan fingerprint density at radius 3 is 2.39 bits per heavy atom. The number of hydrogen-bond donors (Lipinski definition) is 1. The summed E-state index contributed by atoms with van der Waals surface area (Å²) in [5.74, 6) is -0.975. The van der Waals surface area contributed by atoms with Gasteiger partial charge in [0.1, 0.15) is 5.56 Å². The van der Waals surface area contributed by atoms with Crippen molar-refractivity contribution in [2.45, 2.75) is 46.6 Å². The van der Waals surface area contributed by atoms with Gasteiger partial charge in [-0.3, -0.25) is 4.79 Å². The molecule has 0 saturated carbocycles. The number of hydrogen-bond acceptors (Lipinski definition) is 3. The molecular formula is C13H20N2O3. The van der Waals surface area contributed by atoms with E-state index in [4.69, 9.17) is 5.11 Å². The highest BCUT2D eigenvalue weighted by atomic mass is 16.4. The van der Waals surface area contributed by atoms with Crippen molar-refractivity contribution in [3.8, 4) is 0 Å². The highest BCUT2D eigenvalue weighted by Gasteiger charge is 2.22. The van der Waals surface area contributed by atoms with Gasteiger partial charge in [-0.25, -0.2) is 9.48 Å². The summed E-state index contributed by atoms with van der Waals surface area (Å²) in [4.78, 5) is 23.0. The second-order valence-corrected chi connectivity index (χ2v) is 5.88. The van der Waals surface area contributed by atoms with Crippen LogP contribution in [0.25, 0.3) is 0 Å². The van der Waals surface area contributed by atoms with Crippen LogP contribution in [-0.2, 0) is 12.0 Å². The summed E-state index contributed by atoms with van der Waals surface area (Å²) in [6.45, 7) is 10.1. The molecule has 1 aromatic rings. The van der Waals surface area contributed by atoms with Gasteiger partial charge >= 0.3 is 5.97 Å². The molecule has 0 spiro atoms. The first-order valence-electron chi connectivity index (χ1n) is 5.99. The zero-order chi connectivity index (χ0) is 14.1. The van der Waals surface area contributed by atoms with Crippen molar-refractivity contribution in [2.75, 3.05) is 0 Å². The van der Waals surface area contributed by atoms with Gasteiger partial charge in [-0.15, -0.1) is 0 Å². The van der Waals surface area contributed by atoms with E-state index in [9.17, 15) is 9.59 Å². The monoisotopic (exact) mass is 252 g/mol. The lowest BCUT2D eigenvalue weighted by atomic mass is 9.91. The van der Waals surface area contributed by atoms with Crippen LogP contribution >= 0.6 is 0 Å². The fourth-order valence-corrected chi connectivity index (χ4v) is 1.53. The molecule has 18 heavy (non-hydrogen) atoms. The summed E-state index contributed by atoms with van der Waals surface area (Å²) in [6, 6.07) is 1.38. The van der Waals surface area contributed by atoms with E-state index < -0.39 is 11.5 Å². The molecule has 0 saturated heterocycles. The fourth-order valence-electron chi connectivity index (χ4n) is 1.53. The maximum Gasteiger partial charge on any atom is 0.341 e. The van der Waals surface area contributed by atoms with E-state index >= 15 is 0 Å². The Hall–Kier alpha value is -1.65. The average Bonchev–Trinajstić information content (AvgIpc) is 2.18. The minimum Gasteiger partial charge on any atom is -0.477 e. The zero-order valence-electron chi connectivity index (χ0n) is 11.5. The van der Waals surface area contributed by atoms with Crippen molar-refractivity contribution in [1.82, 2.24) is 9.78 Å². The largest absolute Gasteiger partial charge is 0.477 e. The Bertz CT molecular complexity index is 510. The van der Waals surface area contributed by atoms with Crippen molar-refractivity contribution in [1.29, 1.82) is 0 Å². The molecule has 0 bridgehead atoms. The van der Waals surface area contributed by atoms with Crippen LogP contribution in [0.2, 0.25) is 0 Å². The number of carboxylic acids is 1. The molecule has 0 amide bonds. The molecular weight excluding hydrogens is 232 g/mol. The molecule has 0 atom stereocenters. The summed E-state index contributed by atoms with van der Waals surface area (Å²) >= 11 is 0. The molecule has 0 unspecified atom stereocenters. The molecule has 0 aliphatic heterocycles. The van der Waals surface area contributed by atoms with E-state index in [-0.39, 0.29) is 16.9 Å². The highest BCUT2D eigenvalue weighted by molar-refractivity contribution is 5.87. The SMILES string of the molecule is CC(C)Cn1nc(C(C)(C)C)cc(C(=O)O)c1=O. The van der Waals surface area contributed by atoms with Gasteiger partial charge in [0.15, 0.2) is 0 Å². The topological polar surface area (TPSA) is 72.2 Å². The smallest absolute Gasteiger partial charge is 0.341 e. The van der Waals surface area contributed by atoms with Gasteiger partial charge in [-0.2, -0.15) is 5.10 Å². The third-order valence-corrected chi connectivity index (χ3v) is 2.51. The Kier molecular flexibility index (Phi) is 3.94. The van der Waals surface area contributed by atoms with E-state index in [1.165, 1.54) is 10.7 Å². The van der Waals surface area contributed by atoms with Gasteiger partial charge in [0.25, 0.3) is 5.56 Å². The van der Waals surface area contributed by atoms with E-state index in [1.807, 2.05) is 34.6 Å². The standard InChI is InChI=1S/C13H20N2O3/c1-8(2)7-15-11(16)9(12(17)18)6-10(14-15)13(3,4)5/h6,8H,7H2,1-5H3,(H,17,18). The summed E-state index contributed by atoms with van der Waals surface area (Å²) in [5, 5.41) is 13.3. The number of aromatic nitrogens is 2. The van der Waals surface area contributed by atoms with Crippen molar-refractivity contribution >= 4 is 5.97 Å². The van der Waals surface area contributed by atoms with Crippen LogP contribution in [0.15, 0.2) is 10.9 Å². The Morgan fingerprint density at radius 2 is 2.00 bits per heavy atom. The van der Waals surface area contributed by atoms with Crippen molar-refractivity contribution in [2.24, 2.45) is 5.92 Å². The van der Waals surface area contributed by atoms with E-state index in [0.29, 0.717) is 12.2 Å². The number of carbonyl (C=O) groups is 1. The normalized spacial score (nSPS) is 11.9. The molecule has 100 valence electrons. The maximum absolute atomic E-state index is 11.9. The van der Waals surface area contributed by atoms with E-state index in [1.54, 1.807) is 0 Å². The lowest BCUT2D eigenvalue weighted by Crippen LogP contribution is -2.33. The van der Waals surface area contributed by atoms with Crippen LogP contribution in [0, 0.1) is 5.92 Å². The maximum atomic E-state index is 11.9.